The van der Waals surface area contributed by atoms with Gasteiger partial charge in [-0.3, -0.25) is 4.79 Å². The molecule has 1 aliphatic heterocycles. The monoisotopic (exact) mass is 337 g/mol. The molecule has 1 fully saturated rings. The second kappa shape index (κ2) is 8.34. The number of benzene rings is 1. The number of nitrogens with one attached hydrogen (secondary N) is 3. The minimum atomic E-state index is -0.235. The summed E-state index contributed by atoms with van der Waals surface area (Å²) in [6.07, 6.45) is 4.34. The van der Waals surface area contributed by atoms with Crippen LogP contribution in [0.3, 0.4) is 0 Å². The average molecular weight is 338 g/mol. The van der Waals surface area contributed by atoms with Gasteiger partial charge < -0.3 is 20.7 Å². The summed E-state index contributed by atoms with van der Waals surface area (Å²) in [6, 6.07) is 7.85. The number of halogens is 1. The molecule has 5 nitrogen and oxygen atoms in total. The van der Waals surface area contributed by atoms with Gasteiger partial charge in [0.25, 0.3) is 0 Å². The predicted octanol–water partition coefficient (Wildman–Crippen LogP) is 1.61. The van der Waals surface area contributed by atoms with Crippen LogP contribution in [0, 0.1) is 5.92 Å². The third-order valence-electron chi connectivity index (χ3n) is 4.42. The molecule has 1 amide bonds. The summed E-state index contributed by atoms with van der Waals surface area (Å²) in [6.45, 7) is 1.74. The Bertz CT molecular complexity index is 638. The first-order valence-corrected chi connectivity index (χ1v) is 7.95. The normalized spacial score (nSPS) is 16.7. The van der Waals surface area contributed by atoms with E-state index in [1.165, 1.54) is 0 Å². The number of aliphatic hydroxyl groups excluding tert-OH is 1. The first kappa shape index (κ1) is 17.8. The Morgan fingerprint density at radius 3 is 2.78 bits per heavy atom. The Hall–Kier alpha value is -1.56. The summed E-state index contributed by atoms with van der Waals surface area (Å²) in [5.41, 5.74) is 2.21. The third-order valence-corrected chi connectivity index (χ3v) is 4.42. The molecule has 2 aromatic rings. The number of carbonyl (C=O) groups excluding carboxylic acids is 1. The van der Waals surface area contributed by atoms with Crippen LogP contribution in [-0.4, -0.2) is 41.7 Å². The van der Waals surface area contributed by atoms with Gasteiger partial charge in [-0.25, -0.2) is 0 Å². The largest absolute Gasteiger partial charge is 0.394 e. The van der Waals surface area contributed by atoms with Crippen molar-refractivity contribution in [1.82, 2.24) is 15.6 Å². The van der Waals surface area contributed by atoms with Crippen LogP contribution in [0.5, 0.6) is 0 Å². The van der Waals surface area contributed by atoms with Crippen molar-refractivity contribution < 1.29 is 9.90 Å². The van der Waals surface area contributed by atoms with Gasteiger partial charge in [-0.2, -0.15) is 0 Å². The standard InChI is InChI=1S/C17H23N3O2.ClH/c21-11-14(20-17(22)12-5-7-18-8-6-12)9-13-10-19-16-4-2-1-3-15(13)16;/h1-4,10,12,14,18-19,21H,5-9,11H2,(H,20,22);1H. The van der Waals surface area contributed by atoms with E-state index in [0.29, 0.717) is 6.42 Å². The fourth-order valence-corrected chi connectivity index (χ4v) is 3.13. The minimum absolute atomic E-state index is 0. The van der Waals surface area contributed by atoms with Gasteiger partial charge in [0.15, 0.2) is 0 Å². The van der Waals surface area contributed by atoms with Gasteiger partial charge in [0.2, 0.25) is 5.91 Å². The molecule has 0 spiro atoms. The van der Waals surface area contributed by atoms with Crippen molar-refractivity contribution in [2.75, 3.05) is 19.7 Å². The molecule has 1 atom stereocenters. The summed E-state index contributed by atoms with van der Waals surface area (Å²) in [5, 5.41) is 17.0. The van der Waals surface area contributed by atoms with Gasteiger partial charge in [-0.1, -0.05) is 18.2 Å². The number of aromatic amines is 1. The molecule has 6 heteroatoms. The molecule has 0 radical (unpaired) electrons. The summed E-state index contributed by atoms with van der Waals surface area (Å²) >= 11 is 0. The Labute approximate surface area is 142 Å². The first-order chi connectivity index (χ1) is 10.8. The molecule has 126 valence electrons. The number of amides is 1. The number of aliphatic hydroxyl groups is 1. The topological polar surface area (TPSA) is 77.2 Å². The molecule has 1 aromatic heterocycles. The zero-order valence-corrected chi connectivity index (χ0v) is 13.9. The highest BCUT2D eigenvalue weighted by molar-refractivity contribution is 5.85. The van der Waals surface area contributed by atoms with Crippen molar-refractivity contribution in [2.45, 2.75) is 25.3 Å². The highest BCUT2D eigenvalue weighted by atomic mass is 35.5. The molecule has 0 aliphatic carbocycles. The van der Waals surface area contributed by atoms with E-state index in [1.807, 2.05) is 24.4 Å². The average Bonchev–Trinajstić information content (AvgIpc) is 2.98. The molecule has 1 saturated heterocycles. The van der Waals surface area contributed by atoms with E-state index in [2.05, 4.69) is 21.7 Å². The summed E-state index contributed by atoms with van der Waals surface area (Å²) in [7, 11) is 0. The number of hydrogen-bond donors (Lipinski definition) is 4. The smallest absolute Gasteiger partial charge is 0.223 e. The number of hydrogen-bond acceptors (Lipinski definition) is 3. The van der Waals surface area contributed by atoms with Crippen LogP contribution in [0.2, 0.25) is 0 Å². The third kappa shape index (κ3) is 4.25. The van der Waals surface area contributed by atoms with Gasteiger partial charge in [0.1, 0.15) is 0 Å². The molecular weight excluding hydrogens is 314 g/mol. The summed E-state index contributed by atoms with van der Waals surface area (Å²) in [4.78, 5) is 15.5. The lowest BCUT2D eigenvalue weighted by atomic mass is 9.96. The molecule has 1 aromatic carbocycles. The highest BCUT2D eigenvalue weighted by Gasteiger charge is 2.23. The van der Waals surface area contributed by atoms with Gasteiger partial charge >= 0.3 is 0 Å². The van der Waals surface area contributed by atoms with Crippen LogP contribution in [-0.2, 0) is 11.2 Å². The van der Waals surface area contributed by atoms with E-state index < -0.39 is 0 Å². The predicted molar refractivity (Wildman–Crippen MR) is 93.9 cm³/mol. The van der Waals surface area contributed by atoms with Crippen molar-refractivity contribution >= 4 is 29.2 Å². The van der Waals surface area contributed by atoms with Crippen molar-refractivity contribution in [3.8, 4) is 0 Å². The molecule has 3 rings (SSSR count). The molecule has 1 unspecified atom stereocenters. The number of carbonyl (C=O) groups is 1. The van der Waals surface area contributed by atoms with Gasteiger partial charge in [-0.05, 0) is 44.0 Å². The Morgan fingerprint density at radius 1 is 1.30 bits per heavy atom. The van der Waals surface area contributed by atoms with E-state index in [0.717, 1.165) is 42.4 Å². The van der Waals surface area contributed by atoms with Crippen molar-refractivity contribution in [3.63, 3.8) is 0 Å². The maximum Gasteiger partial charge on any atom is 0.223 e. The molecular formula is C17H24ClN3O2. The number of rotatable bonds is 5. The molecule has 2 heterocycles. The molecule has 4 N–H and O–H groups in total. The summed E-state index contributed by atoms with van der Waals surface area (Å²) in [5.74, 6) is 0.138. The number of fused-ring (bicyclic) bond motifs is 1. The van der Waals surface area contributed by atoms with E-state index >= 15 is 0 Å². The van der Waals surface area contributed by atoms with Crippen LogP contribution < -0.4 is 10.6 Å². The zero-order chi connectivity index (χ0) is 15.4. The van der Waals surface area contributed by atoms with Crippen LogP contribution >= 0.6 is 12.4 Å². The maximum absolute atomic E-state index is 12.3. The van der Waals surface area contributed by atoms with Crippen molar-refractivity contribution in [3.05, 3.63) is 36.0 Å². The van der Waals surface area contributed by atoms with Crippen LogP contribution in [0.1, 0.15) is 18.4 Å². The lowest BCUT2D eigenvalue weighted by molar-refractivity contribution is -0.126. The number of aromatic nitrogens is 1. The van der Waals surface area contributed by atoms with E-state index in [4.69, 9.17) is 0 Å². The fourth-order valence-electron chi connectivity index (χ4n) is 3.13. The molecule has 0 bridgehead atoms. The van der Waals surface area contributed by atoms with Crippen LogP contribution in [0.4, 0.5) is 0 Å². The van der Waals surface area contributed by atoms with E-state index in [9.17, 15) is 9.90 Å². The Morgan fingerprint density at radius 2 is 2.04 bits per heavy atom. The molecule has 23 heavy (non-hydrogen) atoms. The van der Waals surface area contributed by atoms with Gasteiger partial charge in [0.05, 0.1) is 12.6 Å². The Kier molecular flexibility index (Phi) is 6.45. The number of H-pyrrole nitrogens is 1. The molecule has 0 saturated carbocycles. The number of piperidine rings is 1. The highest BCUT2D eigenvalue weighted by Crippen LogP contribution is 2.19. The van der Waals surface area contributed by atoms with Crippen LogP contribution in [0.15, 0.2) is 30.5 Å². The lowest BCUT2D eigenvalue weighted by Gasteiger charge is -2.24. The fraction of sp³-hybridized carbons (Fsp3) is 0.471. The lowest BCUT2D eigenvalue weighted by Crippen LogP contribution is -2.45. The number of para-hydroxylation sites is 1. The maximum atomic E-state index is 12.3. The quantitative estimate of drug-likeness (QED) is 0.669. The SMILES string of the molecule is Cl.O=C(NC(CO)Cc1c[nH]c2ccccc12)C1CCNCC1. The van der Waals surface area contributed by atoms with Gasteiger partial charge in [-0.15, -0.1) is 12.4 Å². The summed E-state index contributed by atoms with van der Waals surface area (Å²) < 4.78 is 0. The van der Waals surface area contributed by atoms with E-state index in [1.54, 1.807) is 0 Å². The second-order valence-corrected chi connectivity index (χ2v) is 5.98. The van der Waals surface area contributed by atoms with Gasteiger partial charge in [0, 0.05) is 23.0 Å². The van der Waals surface area contributed by atoms with Crippen LogP contribution in [0.25, 0.3) is 10.9 Å². The van der Waals surface area contributed by atoms with E-state index in [-0.39, 0.29) is 36.9 Å². The molecule has 1 aliphatic rings. The zero-order valence-electron chi connectivity index (χ0n) is 13.0. The first-order valence-electron chi connectivity index (χ1n) is 7.95. The minimum Gasteiger partial charge on any atom is -0.394 e. The second-order valence-electron chi connectivity index (χ2n) is 5.98. The van der Waals surface area contributed by atoms with Crippen molar-refractivity contribution in [2.24, 2.45) is 5.92 Å². The van der Waals surface area contributed by atoms with Crippen molar-refractivity contribution in [1.29, 1.82) is 0 Å². The Balaban J connectivity index is 0.00000192.